The fourth-order valence-corrected chi connectivity index (χ4v) is 2.96. The van der Waals surface area contributed by atoms with Crippen molar-refractivity contribution in [2.24, 2.45) is 5.41 Å². The summed E-state index contributed by atoms with van der Waals surface area (Å²) < 4.78 is 1.96. The van der Waals surface area contributed by atoms with E-state index in [1.807, 2.05) is 37.2 Å². The number of anilines is 1. The van der Waals surface area contributed by atoms with Crippen molar-refractivity contribution in [3.8, 4) is 0 Å². The number of nitrogens with zero attached hydrogens (tertiary/aromatic N) is 2. The predicted molar refractivity (Wildman–Crippen MR) is 80.3 cm³/mol. The Bertz CT molecular complexity index is 506. The van der Waals surface area contributed by atoms with Gasteiger partial charge in [-0.25, -0.2) is 4.68 Å². The van der Waals surface area contributed by atoms with Gasteiger partial charge in [-0.05, 0) is 20.8 Å². The third-order valence-electron chi connectivity index (χ3n) is 3.10. The molecule has 1 N–H and O–H groups in total. The molecule has 0 unspecified atom stereocenters. The average Bonchev–Trinajstić information content (AvgIpc) is 2.77. The van der Waals surface area contributed by atoms with E-state index in [4.69, 9.17) is 0 Å². The molecule has 0 fully saturated rings. The normalized spacial score (nSPS) is 15.5. The molecule has 5 heteroatoms. The summed E-state index contributed by atoms with van der Waals surface area (Å²) in [5.41, 5.74) is 1.78. The molecule has 0 aliphatic carbocycles. The molecule has 2 heterocycles. The maximum atomic E-state index is 12.3. The zero-order valence-corrected chi connectivity index (χ0v) is 13.4. The summed E-state index contributed by atoms with van der Waals surface area (Å²) in [7, 11) is 0. The maximum Gasteiger partial charge on any atom is 0.230 e. The third kappa shape index (κ3) is 2.81. The van der Waals surface area contributed by atoms with Crippen LogP contribution in [-0.4, -0.2) is 15.7 Å². The first-order valence-electron chi connectivity index (χ1n) is 6.61. The first-order chi connectivity index (χ1) is 8.60. The Morgan fingerprint density at radius 1 is 1.21 bits per heavy atom. The molecule has 2 rings (SSSR count). The van der Waals surface area contributed by atoms with Crippen molar-refractivity contribution < 1.29 is 4.79 Å². The number of fused-ring (bicyclic) bond motifs is 1. The van der Waals surface area contributed by atoms with Crippen molar-refractivity contribution in [1.29, 1.82) is 0 Å². The number of rotatable bonds is 1. The highest BCUT2D eigenvalue weighted by Gasteiger charge is 2.31. The molecule has 1 aliphatic rings. The zero-order chi connectivity index (χ0) is 14.4. The minimum Gasteiger partial charge on any atom is -0.310 e. The highest BCUT2D eigenvalue weighted by Crippen LogP contribution is 2.37. The summed E-state index contributed by atoms with van der Waals surface area (Å²) in [6.45, 7) is 12.1. The summed E-state index contributed by atoms with van der Waals surface area (Å²) in [4.78, 5) is 12.3. The molecule has 19 heavy (non-hydrogen) atoms. The summed E-state index contributed by atoms with van der Waals surface area (Å²) >= 11 is 1.85. The first kappa shape index (κ1) is 14.4. The van der Waals surface area contributed by atoms with Gasteiger partial charge in [0.2, 0.25) is 5.91 Å². The Balaban J connectivity index is 2.41. The molecule has 1 aromatic heterocycles. The number of aromatic nitrogens is 2. The predicted octanol–water partition coefficient (Wildman–Crippen LogP) is 3.37. The van der Waals surface area contributed by atoms with Crippen LogP contribution in [0.4, 0.5) is 5.82 Å². The zero-order valence-electron chi connectivity index (χ0n) is 12.6. The van der Waals surface area contributed by atoms with Gasteiger partial charge in [-0.15, -0.1) is 0 Å². The van der Waals surface area contributed by atoms with E-state index in [1.54, 1.807) is 0 Å². The summed E-state index contributed by atoms with van der Waals surface area (Å²) in [5, 5.41) is 7.76. The van der Waals surface area contributed by atoms with Crippen LogP contribution < -0.4 is 5.32 Å². The topological polar surface area (TPSA) is 46.9 Å². The van der Waals surface area contributed by atoms with Crippen LogP contribution in [-0.2, 0) is 21.8 Å². The van der Waals surface area contributed by atoms with E-state index in [2.05, 4.69) is 31.2 Å². The number of carbonyl (C=O) groups excluding carboxylic acids is 1. The van der Waals surface area contributed by atoms with E-state index < -0.39 is 5.41 Å². The van der Waals surface area contributed by atoms with Crippen LogP contribution >= 0.6 is 11.8 Å². The van der Waals surface area contributed by atoms with Crippen molar-refractivity contribution in [2.75, 3.05) is 5.32 Å². The lowest BCUT2D eigenvalue weighted by Crippen LogP contribution is -2.32. The van der Waals surface area contributed by atoms with Gasteiger partial charge >= 0.3 is 0 Å². The molecule has 4 nitrogen and oxygen atoms in total. The second kappa shape index (κ2) is 4.54. The van der Waals surface area contributed by atoms with Gasteiger partial charge in [0, 0.05) is 22.5 Å². The minimum absolute atomic E-state index is 0.0394. The van der Waals surface area contributed by atoms with Crippen molar-refractivity contribution in [3.05, 3.63) is 11.3 Å². The molecule has 0 atom stereocenters. The minimum atomic E-state index is -0.397. The molecule has 0 bridgehead atoms. The van der Waals surface area contributed by atoms with E-state index in [-0.39, 0.29) is 11.4 Å². The molecular weight excluding hydrogens is 258 g/mol. The summed E-state index contributed by atoms with van der Waals surface area (Å²) in [6.07, 6.45) is 0. The highest BCUT2D eigenvalue weighted by atomic mass is 32.2. The van der Waals surface area contributed by atoms with Gasteiger partial charge < -0.3 is 5.32 Å². The SMILES string of the molecule is CC(C)(C)C(=O)Nc1c2c(nn1C(C)(C)C)CSC2. The van der Waals surface area contributed by atoms with Gasteiger partial charge in [0.05, 0.1) is 11.2 Å². The third-order valence-corrected chi connectivity index (χ3v) is 4.07. The largest absolute Gasteiger partial charge is 0.310 e. The number of amides is 1. The van der Waals surface area contributed by atoms with Crippen LogP contribution in [0.15, 0.2) is 0 Å². The Labute approximate surface area is 119 Å². The Hall–Kier alpha value is -0.970. The molecule has 0 spiro atoms. The molecule has 106 valence electrons. The van der Waals surface area contributed by atoms with Crippen LogP contribution in [0.1, 0.15) is 52.8 Å². The van der Waals surface area contributed by atoms with Crippen molar-refractivity contribution in [3.63, 3.8) is 0 Å². The molecule has 0 saturated heterocycles. The lowest BCUT2D eigenvalue weighted by atomic mass is 9.95. The molecular formula is C14H23N3OS. The molecule has 0 saturated carbocycles. The van der Waals surface area contributed by atoms with Gasteiger partial charge in [-0.3, -0.25) is 4.79 Å². The van der Waals surface area contributed by atoms with E-state index >= 15 is 0 Å². The lowest BCUT2D eigenvalue weighted by molar-refractivity contribution is -0.123. The molecule has 1 aliphatic heterocycles. The monoisotopic (exact) mass is 281 g/mol. The second-order valence-electron chi connectivity index (χ2n) is 7.05. The Morgan fingerprint density at radius 3 is 2.37 bits per heavy atom. The number of hydrogen-bond donors (Lipinski definition) is 1. The van der Waals surface area contributed by atoms with Gasteiger partial charge in [-0.2, -0.15) is 16.9 Å². The lowest BCUT2D eigenvalue weighted by Gasteiger charge is -2.25. The van der Waals surface area contributed by atoms with Gasteiger partial charge in [-0.1, -0.05) is 20.8 Å². The summed E-state index contributed by atoms with van der Waals surface area (Å²) in [6, 6.07) is 0. The van der Waals surface area contributed by atoms with Crippen molar-refractivity contribution >= 4 is 23.5 Å². The highest BCUT2D eigenvalue weighted by molar-refractivity contribution is 7.98. The van der Waals surface area contributed by atoms with Gasteiger partial charge in [0.1, 0.15) is 5.82 Å². The number of hydrogen-bond acceptors (Lipinski definition) is 3. The number of carbonyl (C=O) groups is 1. The average molecular weight is 281 g/mol. The Morgan fingerprint density at radius 2 is 1.84 bits per heavy atom. The van der Waals surface area contributed by atoms with Crippen LogP contribution in [0.5, 0.6) is 0 Å². The standard InChI is InChI=1S/C14H23N3OS/c1-13(2,3)12(18)15-11-9-7-19-8-10(9)16-17(11)14(4,5)6/h7-8H2,1-6H3,(H,15,18). The van der Waals surface area contributed by atoms with E-state index in [0.717, 1.165) is 23.0 Å². The van der Waals surface area contributed by atoms with Crippen LogP contribution in [0.25, 0.3) is 0 Å². The molecule has 1 aromatic rings. The fourth-order valence-electron chi connectivity index (χ4n) is 1.92. The molecule has 0 radical (unpaired) electrons. The van der Waals surface area contributed by atoms with E-state index in [0.29, 0.717) is 0 Å². The van der Waals surface area contributed by atoms with Crippen LogP contribution in [0.2, 0.25) is 0 Å². The fraction of sp³-hybridized carbons (Fsp3) is 0.714. The van der Waals surface area contributed by atoms with E-state index in [9.17, 15) is 4.79 Å². The number of nitrogens with one attached hydrogen (secondary N) is 1. The first-order valence-corrected chi connectivity index (χ1v) is 7.76. The Kier molecular flexibility index (Phi) is 3.45. The maximum absolute atomic E-state index is 12.3. The van der Waals surface area contributed by atoms with Gasteiger partial charge in [0.15, 0.2) is 0 Å². The van der Waals surface area contributed by atoms with Gasteiger partial charge in [0.25, 0.3) is 0 Å². The number of thioether (sulfide) groups is 1. The summed E-state index contributed by atoms with van der Waals surface area (Å²) in [5.74, 6) is 2.80. The van der Waals surface area contributed by atoms with Crippen LogP contribution in [0, 0.1) is 5.41 Å². The molecule has 1 amide bonds. The quantitative estimate of drug-likeness (QED) is 0.858. The van der Waals surface area contributed by atoms with Crippen molar-refractivity contribution in [2.45, 2.75) is 58.6 Å². The molecule has 0 aromatic carbocycles. The van der Waals surface area contributed by atoms with Crippen LogP contribution in [0.3, 0.4) is 0 Å². The second-order valence-corrected chi connectivity index (χ2v) is 8.04. The smallest absolute Gasteiger partial charge is 0.230 e. The van der Waals surface area contributed by atoms with Crippen molar-refractivity contribution in [1.82, 2.24) is 9.78 Å². The van der Waals surface area contributed by atoms with E-state index in [1.165, 1.54) is 5.56 Å².